The summed E-state index contributed by atoms with van der Waals surface area (Å²) in [5, 5.41) is 5.52. The number of nitrogens with zero attached hydrogens (tertiary/aromatic N) is 1. The Kier molecular flexibility index (Phi) is 7.87. The highest BCUT2D eigenvalue weighted by molar-refractivity contribution is 7.89. The van der Waals surface area contributed by atoms with Gasteiger partial charge >= 0.3 is 0 Å². The van der Waals surface area contributed by atoms with E-state index in [0.29, 0.717) is 31.7 Å². The number of ether oxygens (including phenoxy) is 1. The fraction of sp³-hybridized carbons (Fsp3) is 0.391. The maximum absolute atomic E-state index is 13.0. The van der Waals surface area contributed by atoms with E-state index in [0.717, 1.165) is 5.56 Å². The lowest BCUT2D eigenvalue weighted by molar-refractivity contribution is -0.131. The van der Waals surface area contributed by atoms with Crippen molar-refractivity contribution in [3.8, 4) is 5.75 Å². The quantitative estimate of drug-likeness (QED) is 0.628. The lowest BCUT2D eigenvalue weighted by atomic mass is 9.98. The average Bonchev–Trinajstić information content (AvgIpc) is 2.83. The summed E-state index contributed by atoms with van der Waals surface area (Å²) >= 11 is 0. The van der Waals surface area contributed by atoms with Gasteiger partial charge in [0.05, 0.1) is 17.9 Å². The number of nitrogens with one attached hydrogen (secondary N) is 2. The van der Waals surface area contributed by atoms with Gasteiger partial charge in [-0.15, -0.1) is 0 Å². The first kappa shape index (κ1) is 23.7. The van der Waals surface area contributed by atoms with Gasteiger partial charge in [-0.3, -0.25) is 9.59 Å². The monoisotopic (exact) mass is 459 g/mol. The summed E-state index contributed by atoms with van der Waals surface area (Å²) in [6.45, 7) is 2.42. The Balaban J connectivity index is 1.56. The normalized spacial score (nSPS) is 17.9. The molecule has 2 N–H and O–H groups in total. The van der Waals surface area contributed by atoms with Gasteiger partial charge in [0.1, 0.15) is 11.8 Å². The summed E-state index contributed by atoms with van der Waals surface area (Å²) < 4.78 is 32.4. The number of carbonyl (C=O) groups is 2. The molecular formula is C23H29N3O5S. The Labute approximate surface area is 189 Å². The highest BCUT2D eigenvalue weighted by Gasteiger charge is 2.34. The van der Waals surface area contributed by atoms with Crippen molar-refractivity contribution in [3.63, 3.8) is 0 Å². The van der Waals surface area contributed by atoms with E-state index in [4.69, 9.17) is 4.74 Å². The van der Waals surface area contributed by atoms with Gasteiger partial charge in [-0.25, -0.2) is 8.42 Å². The molecule has 1 aliphatic rings. The van der Waals surface area contributed by atoms with E-state index in [1.165, 1.54) is 23.5 Å². The first-order chi connectivity index (χ1) is 15.3. The summed E-state index contributed by atoms with van der Waals surface area (Å²) in [5.74, 6) is -0.553. The van der Waals surface area contributed by atoms with E-state index >= 15 is 0 Å². The predicted molar refractivity (Wildman–Crippen MR) is 120 cm³/mol. The molecule has 0 aliphatic carbocycles. The molecule has 1 saturated heterocycles. The molecule has 9 heteroatoms. The Hall–Kier alpha value is -2.91. The SMILES string of the molecule is COc1ccc(S(=O)(=O)N2CCCC(C(=O)NC(C)C(=O)NCc3ccccc3)C2)cc1. The molecular weight excluding hydrogens is 430 g/mol. The molecule has 2 unspecified atom stereocenters. The van der Waals surface area contributed by atoms with Gasteiger partial charge < -0.3 is 15.4 Å². The van der Waals surface area contributed by atoms with Gasteiger partial charge in [0, 0.05) is 19.6 Å². The van der Waals surface area contributed by atoms with Gasteiger partial charge in [0.25, 0.3) is 0 Å². The van der Waals surface area contributed by atoms with E-state index in [-0.39, 0.29) is 23.3 Å². The number of rotatable bonds is 8. The van der Waals surface area contributed by atoms with Crippen molar-refractivity contribution >= 4 is 21.8 Å². The number of methoxy groups -OCH3 is 1. The summed E-state index contributed by atoms with van der Waals surface area (Å²) in [6, 6.07) is 15.0. The zero-order valence-corrected chi connectivity index (χ0v) is 19.1. The maximum Gasteiger partial charge on any atom is 0.243 e. The van der Waals surface area contributed by atoms with Crippen LogP contribution in [0, 0.1) is 5.92 Å². The van der Waals surface area contributed by atoms with Crippen LogP contribution in [-0.4, -0.2) is 50.8 Å². The Bertz CT molecular complexity index is 1030. The maximum atomic E-state index is 13.0. The molecule has 1 fully saturated rings. The predicted octanol–water partition coefficient (Wildman–Crippen LogP) is 1.92. The smallest absolute Gasteiger partial charge is 0.243 e. The number of amides is 2. The highest BCUT2D eigenvalue weighted by atomic mass is 32.2. The second-order valence-electron chi connectivity index (χ2n) is 7.81. The highest BCUT2D eigenvalue weighted by Crippen LogP contribution is 2.25. The van der Waals surface area contributed by atoms with Crippen LogP contribution < -0.4 is 15.4 Å². The van der Waals surface area contributed by atoms with E-state index < -0.39 is 22.0 Å². The lowest BCUT2D eigenvalue weighted by Crippen LogP contribution is -2.50. The minimum atomic E-state index is -3.72. The van der Waals surface area contributed by atoms with Crippen LogP contribution in [-0.2, 0) is 26.2 Å². The third-order valence-electron chi connectivity index (χ3n) is 5.51. The van der Waals surface area contributed by atoms with Crippen molar-refractivity contribution in [3.05, 3.63) is 60.2 Å². The largest absolute Gasteiger partial charge is 0.497 e. The van der Waals surface area contributed by atoms with E-state index in [9.17, 15) is 18.0 Å². The summed E-state index contributed by atoms with van der Waals surface area (Å²) in [5.41, 5.74) is 0.964. The number of benzene rings is 2. The third kappa shape index (κ3) is 5.86. The molecule has 1 aliphatic heterocycles. The summed E-state index contributed by atoms with van der Waals surface area (Å²) in [7, 11) is -2.20. The Morgan fingerprint density at radius 2 is 1.81 bits per heavy atom. The molecule has 0 saturated carbocycles. The standard InChI is InChI=1S/C23H29N3O5S/c1-17(22(27)24-15-18-7-4-3-5-8-18)25-23(28)19-9-6-14-26(16-19)32(29,30)21-12-10-20(31-2)11-13-21/h3-5,7-8,10-13,17,19H,6,9,14-16H2,1-2H3,(H,24,27)(H,25,28). The molecule has 0 bridgehead atoms. The van der Waals surface area contributed by atoms with E-state index in [1.54, 1.807) is 19.1 Å². The molecule has 0 aromatic heterocycles. The van der Waals surface area contributed by atoms with Gasteiger partial charge in [0.15, 0.2) is 0 Å². The molecule has 1 heterocycles. The van der Waals surface area contributed by atoms with Crippen LogP contribution >= 0.6 is 0 Å². The molecule has 0 radical (unpaired) electrons. The van der Waals surface area contributed by atoms with Crippen LogP contribution in [0.1, 0.15) is 25.3 Å². The van der Waals surface area contributed by atoms with Crippen LogP contribution in [0.25, 0.3) is 0 Å². The van der Waals surface area contributed by atoms with Crippen LogP contribution in [0.15, 0.2) is 59.5 Å². The number of piperidine rings is 1. The van der Waals surface area contributed by atoms with Crippen molar-refractivity contribution in [1.29, 1.82) is 0 Å². The van der Waals surface area contributed by atoms with Gasteiger partial charge in [-0.2, -0.15) is 4.31 Å². The second kappa shape index (κ2) is 10.6. The third-order valence-corrected chi connectivity index (χ3v) is 7.39. The zero-order valence-electron chi connectivity index (χ0n) is 18.3. The first-order valence-corrected chi connectivity index (χ1v) is 12.0. The molecule has 3 rings (SSSR count). The molecule has 2 aromatic carbocycles. The van der Waals surface area contributed by atoms with Crippen molar-refractivity contribution in [1.82, 2.24) is 14.9 Å². The topological polar surface area (TPSA) is 105 Å². The van der Waals surface area contributed by atoms with E-state index in [1.807, 2.05) is 30.3 Å². The number of sulfonamides is 1. The number of hydrogen-bond donors (Lipinski definition) is 2. The average molecular weight is 460 g/mol. The molecule has 2 amide bonds. The number of hydrogen-bond acceptors (Lipinski definition) is 5. The van der Waals surface area contributed by atoms with Crippen LogP contribution in [0.3, 0.4) is 0 Å². The Morgan fingerprint density at radius 1 is 1.12 bits per heavy atom. The molecule has 8 nitrogen and oxygen atoms in total. The fourth-order valence-corrected chi connectivity index (χ4v) is 5.13. The molecule has 2 aromatic rings. The zero-order chi connectivity index (χ0) is 23.1. The van der Waals surface area contributed by atoms with Crippen LogP contribution in [0.2, 0.25) is 0 Å². The van der Waals surface area contributed by atoms with E-state index in [2.05, 4.69) is 10.6 Å². The van der Waals surface area contributed by atoms with Crippen LogP contribution in [0.5, 0.6) is 5.75 Å². The van der Waals surface area contributed by atoms with Crippen molar-refractivity contribution < 1.29 is 22.7 Å². The molecule has 2 atom stereocenters. The fourth-order valence-electron chi connectivity index (χ4n) is 3.61. The van der Waals surface area contributed by atoms with Gasteiger partial charge in [-0.05, 0) is 49.6 Å². The van der Waals surface area contributed by atoms with Gasteiger partial charge in [-0.1, -0.05) is 30.3 Å². The lowest BCUT2D eigenvalue weighted by Gasteiger charge is -2.31. The summed E-state index contributed by atoms with van der Waals surface area (Å²) in [6.07, 6.45) is 1.14. The minimum Gasteiger partial charge on any atom is -0.497 e. The summed E-state index contributed by atoms with van der Waals surface area (Å²) in [4.78, 5) is 25.3. The first-order valence-electron chi connectivity index (χ1n) is 10.6. The molecule has 172 valence electrons. The van der Waals surface area contributed by atoms with Crippen molar-refractivity contribution in [2.24, 2.45) is 5.92 Å². The molecule has 32 heavy (non-hydrogen) atoms. The minimum absolute atomic E-state index is 0.0819. The van der Waals surface area contributed by atoms with Crippen molar-refractivity contribution in [2.45, 2.75) is 37.2 Å². The second-order valence-corrected chi connectivity index (χ2v) is 9.75. The Morgan fingerprint density at radius 3 is 2.47 bits per heavy atom. The van der Waals surface area contributed by atoms with Crippen LogP contribution in [0.4, 0.5) is 0 Å². The van der Waals surface area contributed by atoms with Crippen molar-refractivity contribution in [2.75, 3.05) is 20.2 Å². The van der Waals surface area contributed by atoms with Gasteiger partial charge in [0.2, 0.25) is 21.8 Å². The molecule has 0 spiro atoms. The number of carbonyl (C=O) groups excluding carboxylic acids is 2.